The number of rotatable bonds is 6. The van der Waals surface area contributed by atoms with E-state index < -0.39 is 6.04 Å². The molecule has 2 N–H and O–H groups in total. The van der Waals surface area contributed by atoms with Gasteiger partial charge >= 0.3 is 0 Å². The fraction of sp³-hybridized carbons (Fsp3) is 0.267. The van der Waals surface area contributed by atoms with Gasteiger partial charge in [0.2, 0.25) is 11.8 Å². The number of thiazole rings is 1. The van der Waals surface area contributed by atoms with Crippen molar-refractivity contribution in [2.75, 3.05) is 12.4 Å². The Balaban J connectivity index is 2.10. The van der Waals surface area contributed by atoms with Crippen molar-refractivity contribution in [3.8, 4) is 5.75 Å². The second-order valence-corrected chi connectivity index (χ2v) is 5.53. The lowest BCUT2D eigenvalue weighted by molar-refractivity contribution is -0.125. The van der Waals surface area contributed by atoms with Gasteiger partial charge in [0, 0.05) is 24.9 Å². The molecule has 0 fully saturated rings. The molecule has 0 saturated heterocycles. The van der Waals surface area contributed by atoms with E-state index in [0.29, 0.717) is 17.3 Å². The first-order valence-electron chi connectivity index (χ1n) is 6.69. The molecule has 116 valence electrons. The van der Waals surface area contributed by atoms with E-state index in [1.807, 2.05) is 24.3 Å². The Kier molecular flexibility index (Phi) is 5.48. The summed E-state index contributed by atoms with van der Waals surface area (Å²) in [4.78, 5) is 27.7. The molecule has 22 heavy (non-hydrogen) atoms. The van der Waals surface area contributed by atoms with Gasteiger partial charge in [-0.05, 0) is 17.7 Å². The van der Waals surface area contributed by atoms with Crippen LogP contribution < -0.4 is 15.4 Å². The van der Waals surface area contributed by atoms with Crippen molar-refractivity contribution in [3.63, 3.8) is 0 Å². The molecule has 0 aliphatic heterocycles. The largest absolute Gasteiger partial charge is 0.497 e. The molecule has 7 heteroatoms. The summed E-state index contributed by atoms with van der Waals surface area (Å²) in [5.41, 5.74) is 0.896. The molecule has 2 amide bonds. The monoisotopic (exact) mass is 319 g/mol. The van der Waals surface area contributed by atoms with E-state index in [4.69, 9.17) is 4.74 Å². The maximum Gasteiger partial charge on any atom is 0.249 e. The van der Waals surface area contributed by atoms with Crippen molar-refractivity contribution in [3.05, 3.63) is 41.4 Å². The highest BCUT2D eigenvalue weighted by molar-refractivity contribution is 7.13. The SMILES string of the molecule is COc1cccc(C[C@H](NC(C)=O)C(=O)Nc2nccs2)c1. The number of amides is 2. The highest BCUT2D eigenvalue weighted by Crippen LogP contribution is 2.15. The predicted octanol–water partition coefficient (Wildman–Crippen LogP) is 1.84. The van der Waals surface area contributed by atoms with Crippen LogP contribution in [0.2, 0.25) is 0 Å². The highest BCUT2D eigenvalue weighted by Gasteiger charge is 2.21. The number of hydrogen-bond acceptors (Lipinski definition) is 5. The van der Waals surface area contributed by atoms with Crippen LogP contribution in [0.15, 0.2) is 35.8 Å². The number of methoxy groups -OCH3 is 1. The Morgan fingerprint density at radius 1 is 1.41 bits per heavy atom. The molecule has 1 heterocycles. The number of hydrogen-bond donors (Lipinski definition) is 2. The lowest BCUT2D eigenvalue weighted by Gasteiger charge is -2.17. The first-order valence-corrected chi connectivity index (χ1v) is 7.57. The van der Waals surface area contributed by atoms with E-state index in [-0.39, 0.29) is 11.8 Å². The van der Waals surface area contributed by atoms with Crippen molar-refractivity contribution in [2.45, 2.75) is 19.4 Å². The van der Waals surface area contributed by atoms with Gasteiger partial charge in [0.1, 0.15) is 11.8 Å². The third kappa shape index (κ3) is 4.56. The van der Waals surface area contributed by atoms with Gasteiger partial charge in [-0.15, -0.1) is 11.3 Å². The molecule has 0 spiro atoms. The van der Waals surface area contributed by atoms with Crippen LogP contribution in [0.4, 0.5) is 5.13 Å². The molecule has 1 aromatic carbocycles. The number of nitrogens with one attached hydrogen (secondary N) is 2. The number of anilines is 1. The Hall–Kier alpha value is -2.41. The first-order chi connectivity index (χ1) is 10.6. The molecular formula is C15H17N3O3S. The van der Waals surface area contributed by atoms with Crippen LogP contribution in [-0.4, -0.2) is 29.9 Å². The van der Waals surface area contributed by atoms with E-state index in [2.05, 4.69) is 15.6 Å². The number of ether oxygens (including phenoxy) is 1. The first kappa shape index (κ1) is 16.0. The third-order valence-electron chi connectivity index (χ3n) is 2.93. The summed E-state index contributed by atoms with van der Waals surface area (Å²) in [6.07, 6.45) is 1.98. The van der Waals surface area contributed by atoms with Gasteiger partial charge in [0.25, 0.3) is 0 Å². The molecule has 1 atom stereocenters. The molecule has 2 rings (SSSR count). The van der Waals surface area contributed by atoms with Crippen molar-refractivity contribution >= 4 is 28.3 Å². The lowest BCUT2D eigenvalue weighted by Crippen LogP contribution is -2.44. The Bertz CT molecular complexity index is 643. The average Bonchev–Trinajstić information content (AvgIpc) is 2.99. The van der Waals surface area contributed by atoms with Crippen molar-refractivity contribution in [2.24, 2.45) is 0 Å². The van der Waals surface area contributed by atoms with Crippen LogP contribution in [0.25, 0.3) is 0 Å². The van der Waals surface area contributed by atoms with Gasteiger partial charge in [0.05, 0.1) is 7.11 Å². The standard InChI is InChI=1S/C15H17N3O3S/c1-10(19)17-13(14(20)18-15-16-6-7-22-15)9-11-4-3-5-12(8-11)21-2/h3-8,13H,9H2,1-2H3,(H,17,19)(H,16,18,20)/t13-/m0/s1. The molecule has 0 saturated carbocycles. The fourth-order valence-electron chi connectivity index (χ4n) is 1.97. The molecule has 0 bridgehead atoms. The molecule has 0 aliphatic carbocycles. The Morgan fingerprint density at radius 3 is 2.86 bits per heavy atom. The highest BCUT2D eigenvalue weighted by atomic mass is 32.1. The summed E-state index contributed by atoms with van der Waals surface area (Å²) in [6, 6.07) is 6.72. The van der Waals surface area contributed by atoms with Crippen molar-refractivity contribution < 1.29 is 14.3 Å². The normalized spacial score (nSPS) is 11.5. The molecule has 1 aromatic heterocycles. The van der Waals surface area contributed by atoms with Crippen LogP contribution >= 0.6 is 11.3 Å². The Morgan fingerprint density at radius 2 is 2.23 bits per heavy atom. The molecule has 0 unspecified atom stereocenters. The van der Waals surface area contributed by atoms with Crippen molar-refractivity contribution in [1.29, 1.82) is 0 Å². The average molecular weight is 319 g/mol. The lowest BCUT2D eigenvalue weighted by atomic mass is 10.0. The van der Waals surface area contributed by atoms with E-state index in [1.165, 1.54) is 18.3 Å². The van der Waals surface area contributed by atoms with E-state index >= 15 is 0 Å². The summed E-state index contributed by atoms with van der Waals surface area (Å²) in [5, 5.41) is 7.64. The van der Waals surface area contributed by atoms with Gasteiger partial charge in [-0.1, -0.05) is 12.1 Å². The number of nitrogens with zero attached hydrogens (tertiary/aromatic N) is 1. The predicted molar refractivity (Wildman–Crippen MR) is 85.0 cm³/mol. The summed E-state index contributed by atoms with van der Waals surface area (Å²) < 4.78 is 5.17. The summed E-state index contributed by atoms with van der Waals surface area (Å²) >= 11 is 1.32. The van der Waals surface area contributed by atoms with Crippen LogP contribution in [0.5, 0.6) is 5.75 Å². The smallest absolute Gasteiger partial charge is 0.249 e. The minimum absolute atomic E-state index is 0.262. The maximum absolute atomic E-state index is 12.3. The summed E-state index contributed by atoms with van der Waals surface area (Å²) in [5.74, 6) is 0.148. The second kappa shape index (κ2) is 7.56. The minimum Gasteiger partial charge on any atom is -0.497 e. The van der Waals surface area contributed by atoms with Gasteiger partial charge < -0.3 is 15.4 Å². The summed E-state index contributed by atoms with van der Waals surface area (Å²) in [6.45, 7) is 1.38. The topological polar surface area (TPSA) is 80.3 Å². The number of carbonyl (C=O) groups is 2. The molecule has 0 aliphatic rings. The number of carbonyl (C=O) groups excluding carboxylic acids is 2. The quantitative estimate of drug-likeness (QED) is 0.851. The molecular weight excluding hydrogens is 302 g/mol. The molecule has 2 aromatic rings. The zero-order chi connectivity index (χ0) is 15.9. The Labute approximate surface area is 132 Å². The van der Waals surface area contributed by atoms with Gasteiger partial charge in [-0.3, -0.25) is 9.59 Å². The van der Waals surface area contributed by atoms with E-state index in [0.717, 1.165) is 5.56 Å². The molecule has 6 nitrogen and oxygen atoms in total. The van der Waals surface area contributed by atoms with Crippen molar-refractivity contribution in [1.82, 2.24) is 10.3 Å². The van der Waals surface area contributed by atoms with E-state index in [9.17, 15) is 9.59 Å². The maximum atomic E-state index is 12.3. The second-order valence-electron chi connectivity index (χ2n) is 4.64. The third-order valence-corrected chi connectivity index (χ3v) is 3.62. The van der Waals surface area contributed by atoms with Gasteiger partial charge in [0.15, 0.2) is 5.13 Å². The number of aromatic nitrogens is 1. The van der Waals surface area contributed by atoms with Crippen LogP contribution in [-0.2, 0) is 16.0 Å². The van der Waals surface area contributed by atoms with Gasteiger partial charge in [-0.25, -0.2) is 4.98 Å². The van der Waals surface area contributed by atoms with Crippen LogP contribution in [0.1, 0.15) is 12.5 Å². The number of benzene rings is 1. The van der Waals surface area contributed by atoms with Gasteiger partial charge in [-0.2, -0.15) is 0 Å². The zero-order valence-electron chi connectivity index (χ0n) is 12.3. The zero-order valence-corrected chi connectivity index (χ0v) is 13.1. The van der Waals surface area contributed by atoms with Crippen LogP contribution in [0.3, 0.4) is 0 Å². The van der Waals surface area contributed by atoms with Crippen LogP contribution in [0, 0.1) is 0 Å². The fourth-order valence-corrected chi connectivity index (χ4v) is 2.50. The van der Waals surface area contributed by atoms with E-state index in [1.54, 1.807) is 18.7 Å². The molecule has 0 radical (unpaired) electrons. The minimum atomic E-state index is -0.673. The summed E-state index contributed by atoms with van der Waals surface area (Å²) in [7, 11) is 1.58.